The van der Waals surface area contributed by atoms with E-state index in [-0.39, 0.29) is 35.2 Å². The van der Waals surface area contributed by atoms with Gasteiger partial charge >= 0.3 is 0 Å². The number of ether oxygens (including phenoxy) is 1. The van der Waals surface area contributed by atoms with E-state index >= 15 is 0 Å². The van der Waals surface area contributed by atoms with E-state index in [1.165, 1.54) is 43.5 Å². The largest absolute Gasteiger partial charge is 0.483 e. The van der Waals surface area contributed by atoms with Crippen LogP contribution in [0.2, 0.25) is 0 Å². The SMILES string of the molecule is CCC(=O)C(C)Sc1nnc(COc2ccccc2F)n1C(C)C1CC2CCC1C2. The molecule has 2 saturated carbocycles. The zero-order valence-corrected chi connectivity index (χ0v) is 18.7. The van der Waals surface area contributed by atoms with Gasteiger partial charge in [0.2, 0.25) is 0 Å². The van der Waals surface area contributed by atoms with Crippen molar-refractivity contribution in [3.05, 3.63) is 35.9 Å². The smallest absolute Gasteiger partial charge is 0.192 e. The van der Waals surface area contributed by atoms with Gasteiger partial charge in [0.15, 0.2) is 22.5 Å². The van der Waals surface area contributed by atoms with Crippen LogP contribution < -0.4 is 4.74 Å². The minimum atomic E-state index is -0.388. The number of nitrogens with zero attached hydrogens (tertiary/aromatic N) is 3. The molecule has 0 saturated heterocycles. The van der Waals surface area contributed by atoms with E-state index < -0.39 is 0 Å². The lowest BCUT2D eigenvalue weighted by atomic mass is 9.84. The molecular weight excluding hydrogens is 401 g/mol. The number of halogens is 1. The molecule has 0 spiro atoms. The third kappa shape index (κ3) is 4.27. The van der Waals surface area contributed by atoms with Crippen LogP contribution in [0, 0.1) is 23.6 Å². The van der Waals surface area contributed by atoms with Gasteiger partial charge in [-0.05, 0) is 63.0 Å². The Labute approximate surface area is 181 Å². The quantitative estimate of drug-likeness (QED) is 0.494. The summed E-state index contributed by atoms with van der Waals surface area (Å²) < 4.78 is 21.9. The Morgan fingerprint density at radius 1 is 1.27 bits per heavy atom. The highest BCUT2D eigenvalue weighted by atomic mass is 32.2. The number of fused-ring (bicyclic) bond motifs is 2. The maximum Gasteiger partial charge on any atom is 0.192 e. The van der Waals surface area contributed by atoms with Gasteiger partial charge in [-0.3, -0.25) is 9.36 Å². The third-order valence-electron chi connectivity index (χ3n) is 6.83. The highest BCUT2D eigenvalue weighted by molar-refractivity contribution is 8.00. The number of benzene rings is 1. The molecule has 1 aromatic carbocycles. The number of rotatable bonds is 9. The minimum Gasteiger partial charge on any atom is -0.483 e. The van der Waals surface area contributed by atoms with Gasteiger partial charge in [-0.15, -0.1) is 10.2 Å². The van der Waals surface area contributed by atoms with Crippen molar-refractivity contribution in [2.45, 2.75) is 75.9 Å². The Morgan fingerprint density at radius 3 is 2.73 bits per heavy atom. The molecule has 30 heavy (non-hydrogen) atoms. The summed E-state index contributed by atoms with van der Waals surface area (Å²) >= 11 is 1.47. The van der Waals surface area contributed by atoms with Crippen molar-refractivity contribution < 1.29 is 13.9 Å². The van der Waals surface area contributed by atoms with Gasteiger partial charge in [0.25, 0.3) is 0 Å². The molecule has 2 aliphatic carbocycles. The Bertz CT molecular complexity index is 902. The van der Waals surface area contributed by atoms with E-state index in [0.29, 0.717) is 18.2 Å². The molecule has 2 bridgehead atoms. The van der Waals surface area contributed by atoms with Crippen molar-refractivity contribution >= 4 is 17.5 Å². The van der Waals surface area contributed by atoms with Crippen LogP contribution in [0.15, 0.2) is 29.4 Å². The van der Waals surface area contributed by atoms with Crippen LogP contribution in [0.1, 0.15) is 64.7 Å². The van der Waals surface area contributed by atoms with E-state index in [4.69, 9.17) is 4.74 Å². The van der Waals surface area contributed by atoms with Crippen LogP contribution in [0.25, 0.3) is 0 Å². The molecule has 2 aromatic rings. The van der Waals surface area contributed by atoms with E-state index in [2.05, 4.69) is 21.7 Å². The number of carbonyl (C=O) groups is 1. The summed E-state index contributed by atoms with van der Waals surface area (Å²) in [7, 11) is 0. The number of para-hydroxylation sites is 1. The average Bonchev–Trinajstić information content (AvgIpc) is 3.48. The molecule has 2 aliphatic rings. The Hall–Kier alpha value is -1.89. The lowest BCUT2D eigenvalue weighted by molar-refractivity contribution is -0.118. The van der Waals surface area contributed by atoms with Gasteiger partial charge in [0.05, 0.1) is 5.25 Å². The fourth-order valence-electron chi connectivity index (χ4n) is 5.19. The zero-order chi connectivity index (χ0) is 21.3. The van der Waals surface area contributed by atoms with E-state index in [9.17, 15) is 9.18 Å². The average molecular weight is 432 g/mol. The number of hydrogen-bond donors (Lipinski definition) is 0. The van der Waals surface area contributed by atoms with Crippen LogP contribution in [-0.2, 0) is 11.4 Å². The van der Waals surface area contributed by atoms with Gasteiger partial charge in [-0.2, -0.15) is 0 Å². The summed E-state index contributed by atoms with van der Waals surface area (Å²) in [5.74, 6) is 2.89. The maximum absolute atomic E-state index is 14.0. The lowest BCUT2D eigenvalue weighted by Gasteiger charge is -2.30. The third-order valence-corrected chi connectivity index (χ3v) is 7.94. The van der Waals surface area contributed by atoms with Crippen LogP contribution in [0.4, 0.5) is 4.39 Å². The predicted molar refractivity (Wildman–Crippen MR) is 115 cm³/mol. The van der Waals surface area contributed by atoms with Crippen LogP contribution >= 0.6 is 11.8 Å². The van der Waals surface area contributed by atoms with Crippen molar-refractivity contribution in [3.8, 4) is 5.75 Å². The fourth-order valence-corrected chi connectivity index (χ4v) is 6.27. The van der Waals surface area contributed by atoms with Crippen molar-refractivity contribution in [3.63, 3.8) is 0 Å². The van der Waals surface area contributed by atoms with Crippen molar-refractivity contribution in [2.24, 2.45) is 17.8 Å². The van der Waals surface area contributed by atoms with Crippen LogP contribution in [0.3, 0.4) is 0 Å². The standard InChI is InChI=1S/C23H30FN3O2S/c1-4-20(28)15(3)30-23-26-25-22(13-29-21-8-6-5-7-19(21)24)27(23)14(2)18-12-16-9-10-17(18)11-16/h5-8,14-18H,4,9-13H2,1-3H3. The van der Waals surface area contributed by atoms with Crippen LogP contribution in [-0.4, -0.2) is 25.8 Å². The number of thioether (sulfide) groups is 1. The number of aromatic nitrogens is 3. The Balaban J connectivity index is 1.59. The molecule has 0 N–H and O–H groups in total. The molecular formula is C23H30FN3O2S. The van der Waals surface area contributed by atoms with Gasteiger partial charge in [0, 0.05) is 12.5 Å². The summed E-state index contributed by atoms with van der Waals surface area (Å²) in [5.41, 5.74) is 0. The highest BCUT2D eigenvalue weighted by Crippen LogP contribution is 2.52. The summed E-state index contributed by atoms with van der Waals surface area (Å²) in [4.78, 5) is 12.2. The molecule has 162 valence electrons. The lowest BCUT2D eigenvalue weighted by Crippen LogP contribution is -2.25. The van der Waals surface area contributed by atoms with Gasteiger partial charge < -0.3 is 4.74 Å². The summed E-state index contributed by atoms with van der Waals surface area (Å²) in [5, 5.41) is 9.38. The first-order valence-electron chi connectivity index (χ1n) is 11.0. The maximum atomic E-state index is 14.0. The van der Waals surface area contributed by atoms with E-state index in [0.717, 1.165) is 17.0 Å². The Kier molecular flexibility index (Phi) is 6.46. The molecule has 7 heteroatoms. The first-order valence-corrected chi connectivity index (χ1v) is 11.9. The van der Waals surface area contributed by atoms with E-state index in [1.807, 2.05) is 13.8 Å². The van der Waals surface area contributed by atoms with Gasteiger partial charge in [0.1, 0.15) is 12.4 Å². The van der Waals surface area contributed by atoms with Gasteiger partial charge in [-0.1, -0.05) is 37.2 Å². The second-order valence-corrected chi connectivity index (χ2v) is 9.96. The molecule has 4 rings (SSSR count). The van der Waals surface area contributed by atoms with E-state index in [1.54, 1.807) is 18.2 Å². The number of carbonyl (C=O) groups excluding carboxylic acids is 1. The summed E-state index contributed by atoms with van der Waals surface area (Å²) in [6.45, 7) is 6.19. The van der Waals surface area contributed by atoms with Crippen molar-refractivity contribution in [2.75, 3.05) is 0 Å². The topological polar surface area (TPSA) is 57.0 Å². The normalized spacial score (nSPS) is 24.7. The molecule has 0 radical (unpaired) electrons. The molecule has 5 atom stereocenters. The minimum absolute atomic E-state index is 0.149. The number of hydrogen-bond acceptors (Lipinski definition) is 5. The monoisotopic (exact) mass is 431 g/mol. The summed E-state index contributed by atoms with van der Waals surface area (Å²) in [6, 6.07) is 6.62. The first kappa shape index (κ1) is 21.3. The molecule has 5 unspecified atom stereocenters. The predicted octanol–water partition coefficient (Wildman–Crippen LogP) is 5.45. The molecule has 1 heterocycles. The highest BCUT2D eigenvalue weighted by Gasteiger charge is 2.43. The number of ketones is 1. The molecule has 0 amide bonds. The second-order valence-electron chi connectivity index (χ2n) is 8.65. The first-order chi connectivity index (χ1) is 14.5. The van der Waals surface area contributed by atoms with Crippen molar-refractivity contribution in [1.82, 2.24) is 14.8 Å². The molecule has 2 fully saturated rings. The fraction of sp³-hybridized carbons (Fsp3) is 0.609. The molecule has 5 nitrogen and oxygen atoms in total. The Morgan fingerprint density at radius 2 is 2.07 bits per heavy atom. The molecule has 1 aromatic heterocycles. The second kappa shape index (κ2) is 9.08. The zero-order valence-electron chi connectivity index (χ0n) is 17.9. The van der Waals surface area contributed by atoms with Crippen molar-refractivity contribution in [1.29, 1.82) is 0 Å². The van der Waals surface area contributed by atoms with Crippen LogP contribution in [0.5, 0.6) is 5.75 Å². The molecule has 0 aliphatic heterocycles. The van der Waals surface area contributed by atoms with Gasteiger partial charge in [-0.25, -0.2) is 4.39 Å². The summed E-state index contributed by atoms with van der Waals surface area (Å²) in [6.07, 6.45) is 5.73. The number of Topliss-reactive ketones (excluding diaryl/α,β-unsaturated/α-hetero) is 1.